The van der Waals surface area contributed by atoms with E-state index < -0.39 is 8.03 Å². The van der Waals surface area contributed by atoms with Crippen LogP contribution in [0.4, 0.5) is 0 Å². The lowest BCUT2D eigenvalue weighted by Crippen LogP contribution is -2.08. The summed E-state index contributed by atoms with van der Waals surface area (Å²) in [6.45, 7) is 3.67. The summed E-state index contributed by atoms with van der Waals surface area (Å²) in [5.74, 6) is 0.594. The quantitative estimate of drug-likeness (QED) is 0.715. The van der Waals surface area contributed by atoms with Gasteiger partial charge in [0.15, 0.2) is 5.75 Å². The van der Waals surface area contributed by atoms with Gasteiger partial charge >= 0.3 is 8.03 Å². The first-order valence-electron chi connectivity index (χ1n) is 4.18. The minimum Gasteiger partial charge on any atom is -0.338 e. The molecule has 0 N–H and O–H groups in total. The van der Waals surface area contributed by atoms with Crippen LogP contribution in [0.3, 0.4) is 0 Å². The molecule has 1 aromatic carbocycles. The second-order valence-corrected chi connectivity index (χ2v) is 4.19. The molecule has 0 aliphatic rings. The fraction of sp³-hybridized carbons (Fsp3) is 0.200. The topological polar surface area (TPSA) is 29.5 Å². The molecule has 0 amide bonds. The Kier molecular flexibility index (Phi) is 3.66. The minimum absolute atomic E-state index is 0.476. The average Bonchev–Trinajstić information content (AvgIpc) is 2.18. The Morgan fingerprint density at radius 1 is 1.36 bits per heavy atom. The molecule has 1 unspecified atom stereocenters. The van der Waals surface area contributed by atoms with Gasteiger partial charge in [0.05, 0.1) is 0 Å². The van der Waals surface area contributed by atoms with E-state index in [0.717, 1.165) is 0 Å². The SMILES string of the molecule is C=C(N(C)C)[P+](=O)Oc1ccccc1. The fourth-order valence-corrected chi connectivity index (χ4v) is 1.54. The first-order valence-corrected chi connectivity index (χ1v) is 5.35. The van der Waals surface area contributed by atoms with Crippen molar-refractivity contribution >= 4 is 8.03 Å². The van der Waals surface area contributed by atoms with Gasteiger partial charge in [-0.25, -0.2) is 4.52 Å². The lowest BCUT2D eigenvalue weighted by atomic mass is 10.3. The summed E-state index contributed by atoms with van der Waals surface area (Å²) >= 11 is 0. The van der Waals surface area contributed by atoms with Gasteiger partial charge in [-0.05, 0) is 23.3 Å². The van der Waals surface area contributed by atoms with Crippen molar-refractivity contribution < 1.29 is 9.09 Å². The summed E-state index contributed by atoms with van der Waals surface area (Å²) in [7, 11) is 1.69. The number of benzene rings is 1. The Morgan fingerprint density at radius 2 is 1.93 bits per heavy atom. The molecule has 1 aromatic rings. The average molecular weight is 210 g/mol. The van der Waals surface area contributed by atoms with E-state index in [4.69, 9.17) is 4.52 Å². The van der Waals surface area contributed by atoms with E-state index in [1.165, 1.54) is 0 Å². The summed E-state index contributed by atoms with van der Waals surface area (Å²) in [4.78, 5) is 1.68. The van der Waals surface area contributed by atoms with Crippen LogP contribution >= 0.6 is 8.03 Å². The van der Waals surface area contributed by atoms with E-state index in [1.807, 2.05) is 18.2 Å². The minimum atomic E-state index is -1.88. The van der Waals surface area contributed by atoms with Crippen molar-refractivity contribution in [3.63, 3.8) is 0 Å². The van der Waals surface area contributed by atoms with Crippen LogP contribution in [-0.4, -0.2) is 19.0 Å². The van der Waals surface area contributed by atoms with Crippen molar-refractivity contribution in [3.05, 3.63) is 42.3 Å². The van der Waals surface area contributed by atoms with Gasteiger partial charge in [0.1, 0.15) is 0 Å². The third-order valence-electron chi connectivity index (χ3n) is 1.66. The molecule has 74 valence electrons. The molecule has 0 aliphatic carbocycles. The zero-order chi connectivity index (χ0) is 10.6. The normalized spacial score (nSPS) is 10.6. The second kappa shape index (κ2) is 4.77. The highest BCUT2D eigenvalue weighted by molar-refractivity contribution is 7.44. The third-order valence-corrected chi connectivity index (χ3v) is 2.86. The first kappa shape index (κ1) is 10.7. The summed E-state index contributed by atoms with van der Waals surface area (Å²) < 4.78 is 16.7. The molecule has 14 heavy (non-hydrogen) atoms. The molecule has 0 saturated carbocycles. The van der Waals surface area contributed by atoms with Gasteiger partial charge in [0.25, 0.3) is 5.44 Å². The number of para-hydroxylation sites is 1. The summed E-state index contributed by atoms with van der Waals surface area (Å²) in [6.07, 6.45) is 0. The van der Waals surface area contributed by atoms with E-state index in [1.54, 1.807) is 31.1 Å². The Bertz CT molecular complexity index is 335. The first-order chi connectivity index (χ1) is 6.61. The number of rotatable bonds is 4. The molecule has 0 radical (unpaired) electrons. The fourth-order valence-electron chi connectivity index (χ4n) is 0.793. The maximum absolute atomic E-state index is 11.5. The highest BCUT2D eigenvalue weighted by Crippen LogP contribution is 2.34. The summed E-state index contributed by atoms with van der Waals surface area (Å²) in [6, 6.07) is 9.06. The van der Waals surface area contributed by atoms with Crippen LogP contribution in [0.25, 0.3) is 0 Å². The number of hydrogen-bond acceptors (Lipinski definition) is 3. The van der Waals surface area contributed by atoms with Crippen LogP contribution in [0.2, 0.25) is 0 Å². The molecule has 0 bridgehead atoms. The van der Waals surface area contributed by atoms with Crippen molar-refractivity contribution in [3.8, 4) is 5.75 Å². The molecule has 0 heterocycles. The van der Waals surface area contributed by atoms with Crippen molar-refractivity contribution in [1.29, 1.82) is 0 Å². The maximum Gasteiger partial charge on any atom is 0.615 e. The molecule has 0 aliphatic heterocycles. The van der Waals surface area contributed by atoms with Gasteiger partial charge in [-0.2, -0.15) is 0 Å². The lowest BCUT2D eigenvalue weighted by molar-refractivity contribution is 0.478. The molecular weight excluding hydrogens is 197 g/mol. The Labute approximate surface area is 84.9 Å². The van der Waals surface area contributed by atoms with E-state index in [2.05, 4.69) is 6.58 Å². The molecule has 0 spiro atoms. The van der Waals surface area contributed by atoms with Gasteiger partial charge < -0.3 is 4.90 Å². The van der Waals surface area contributed by atoms with Gasteiger partial charge in [-0.1, -0.05) is 18.2 Å². The predicted octanol–water partition coefficient (Wildman–Crippen LogP) is 2.84. The molecule has 0 aromatic heterocycles. The third kappa shape index (κ3) is 2.86. The molecule has 3 nitrogen and oxygen atoms in total. The van der Waals surface area contributed by atoms with Crippen molar-refractivity contribution in [1.82, 2.24) is 4.90 Å². The smallest absolute Gasteiger partial charge is 0.338 e. The van der Waals surface area contributed by atoms with Crippen LogP contribution in [0.1, 0.15) is 0 Å². The van der Waals surface area contributed by atoms with E-state index in [-0.39, 0.29) is 0 Å². The number of nitrogens with zero attached hydrogens (tertiary/aromatic N) is 1. The van der Waals surface area contributed by atoms with Crippen molar-refractivity contribution in [2.75, 3.05) is 14.1 Å². The molecule has 0 fully saturated rings. The van der Waals surface area contributed by atoms with E-state index >= 15 is 0 Å². The Hall–Kier alpha value is -1.34. The van der Waals surface area contributed by atoms with Gasteiger partial charge in [-0.3, -0.25) is 0 Å². The van der Waals surface area contributed by atoms with Gasteiger partial charge in [0, 0.05) is 14.1 Å². The van der Waals surface area contributed by atoms with Crippen LogP contribution in [0.15, 0.2) is 42.3 Å². The number of hydrogen-bond donors (Lipinski definition) is 0. The zero-order valence-corrected chi connectivity index (χ0v) is 9.20. The van der Waals surface area contributed by atoms with Crippen molar-refractivity contribution in [2.24, 2.45) is 0 Å². The van der Waals surface area contributed by atoms with Crippen LogP contribution in [-0.2, 0) is 4.57 Å². The summed E-state index contributed by atoms with van der Waals surface area (Å²) in [5, 5.41) is 0. The Balaban J connectivity index is 2.63. The van der Waals surface area contributed by atoms with E-state index in [9.17, 15) is 4.57 Å². The van der Waals surface area contributed by atoms with Crippen LogP contribution in [0, 0.1) is 0 Å². The standard InChI is InChI=1S/C10H13NO2P/c1-9(11(2)3)14(12)13-10-7-5-4-6-8-10/h4-8H,1H2,2-3H3/q+1. The van der Waals surface area contributed by atoms with Crippen LogP contribution in [0.5, 0.6) is 5.75 Å². The van der Waals surface area contributed by atoms with Crippen LogP contribution < -0.4 is 4.52 Å². The second-order valence-electron chi connectivity index (χ2n) is 2.97. The van der Waals surface area contributed by atoms with Gasteiger partial charge in [0.2, 0.25) is 0 Å². The Morgan fingerprint density at radius 3 is 2.43 bits per heavy atom. The molecule has 1 atom stereocenters. The monoisotopic (exact) mass is 210 g/mol. The summed E-state index contributed by atoms with van der Waals surface area (Å²) in [5.41, 5.74) is 0.476. The highest BCUT2D eigenvalue weighted by atomic mass is 31.1. The van der Waals surface area contributed by atoms with Crippen molar-refractivity contribution in [2.45, 2.75) is 0 Å². The molecular formula is C10H13NO2P+. The van der Waals surface area contributed by atoms with E-state index in [0.29, 0.717) is 11.2 Å². The highest BCUT2D eigenvalue weighted by Gasteiger charge is 2.26. The maximum atomic E-state index is 11.5. The molecule has 0 saturated heterocycles. The largest absolute Gasteiger partial charge is 0.615 e. The molecule has 4 heteroatoms. The van der Waals surface area contributed by atoms with Gasteiger partial charge in [-0.15, -0.1) is 0 Å². The zero-order valence-electron chi connectivity index (χ0n) is 8.30. The lowest BCUT2D eigenvalue weighted by Gasteiger charge is -2.03. The predicted molar refractivity (Wildman–Crippen MR) is 57.5 cm³/mol. The molecule has 1 rings (SSSR count).